The van der Waals surface area contributed by atoms with Crippen LogP contribution < -0.4 is 0 Å². The number of hydrogen-bond acceptors (Lipinski definition) is 5. The molecule has 178 valence electrons. The quantitative estimate of drug-likeness (QED) is 0.710. The fourth-order valence-electron chi connectivity index (χ4n) is 4.54. The van der Waals surface area contributed by atoms with Crippen LogP contribution in [0.25, 0.3) is 0 Å². The van der Waals surface area contributed by atoms with Gasteiger partial charge in [0.15, 0.2) is 0 Å². The molecular formula is C25H35N5O3. The minimum Gasteiger partial charge on any atom is -0.444 e. The summed E-state index contributed by atoms with van der Waals surface area (Å²) in [6.45, 7) is 10.9. The van der Waals surface area contributed by atoms with Gasteiger partial charge in [0.1, 0.15) is 11.3 Å². The van der Waals surface area contributed by atoms with Crippen molar-refractivity contribution >= 4 is 12.0 Å². The summed E-state index contributed by atoms with van der Waals surface area (Å²) >= 11 is 0. The van der Waals surface area contributed by atoms with Crippen LogP contribution in [0.4, 0.5) is 4.79 Å². The van der Waals surface area contributed by atoms with E-state index in [4.69, 9.17) is 4.74 Å². The molecule has 8 heteroatoms. The number of likely N-dealkylation sites (tertiary alicyclic amines) is 1. The zero-order valence-corrected chi connectivity index (χ0v) is 19.9. The lowest BCUT2D eigenvalue weighted by Gasteiger charge is -2.36. The molecule has 2 aromatic rings. The Bertz CT molecular complexity index is 936. The predicted octanol–water partition coefficient (Wildman–Crippen LogP) is 3.41. The summed E-state index contributed by atoms with van der Waals surface area (Å²) < 4.78 is 7.61. The van der Waals surface area contributed by atoms with Crippen molar-refractivity contribution in [3.8, 4) is 0 Å². The molecule has 0 saturated carbocycles. The summed E-state index contributed by atoms with van der Waals surface area (Å²) in [7, 11) is 0. The average Bonchev–Trinajstić information content (AvgIpc) is 3.29. The highest BCUT2D eigenvalue weighted by Gasteiger charge is 2.30. The molecule has 0 N–H and O–H groups in total. The third kappa shape index (κ3) is 5.93. The van der Waals surface area contributed by atoms with Crippen LogP contribution in [-0.4, -0.2) is 81.1 Å². The van der Waals surface area contributed by atoms with Gasteiger partial charge >= 0.3 is 6.09 Å². The number of rotatable bonds is 4. The number of carbonyl (C=O) groups is 2. The van der Waals surface area contributed by atoms with Gasteiger partial charge in [-0.1, -0.05) is 6.07 Å². The van der Waals surface area contributed by atoms with Crippen molar-refractivity contribution in [2.45, 2.75) is 51.8 Å². The van der Waals surface area contributed by atoms with E-state index in [2.05, 4.69) is 14.5 Å². The Morgan fingerprint density at radius 3 is 2.33 bits per heavy atom. The van der Waals surface area contributed by atoms with Crippen molar-refractivity contribution < 1.29 is 14.3 Å². The number of aromatic nitrogens is 2. The van der Waals surface area contributed by atoms with Crippen molar-refractivity contribution in [1.29, 1.82) is 0 Å². The topological polar surface area (TPSA) is 70.9 Å². The van der Waals surface area contributed by atoms with Crippen LogP contribution in [0.15, 0.2) is 42.7 Å². The SMILES string of the molecule is CC(C)(C)OC(=O)N1CCC(n2cccc2C(=O)N2CCN(Cc3ccccn3)CC2)CC1. The molecule has 2 saturated heterocycles. The highest BCUT2D eigenvalue weighted by atomic mass is 16.6. The van der Waals surface area contributed by atoms with Crippen LogP contribution in [0.3, 0.4) is 0 Å². The molecule has 2 fully saturated rings. The zero-order chi connectivity index (χ0) is 23.4. The summed E-state index contributed by atoms with van der Waals surface area (Å²) in [4.78, 5) is 36.1. The largest absolute Gasteiger partial charge is 0.444 e. The van der Waals surface area contributed by atoms with Crippen LogP contribution in [0.1, 0.15) is 55.8 Å². The fraction of sp³-hybridized carbons (Fsp3) is 0.560. The number of carbonyl (C=O) groups excluding carboxylic acids is 2. The second-order valence-electron chi connectivity index (χ2n) is 9.89. The Morgan fingerprint density at radius 1 is 0.970 bits per heavy atom. The Hall–Kier alpha value is -2.87. The Morgan fingerprint density at radius 2 is 1.70 bits per heavy atom. The van der Waals surface area contributed by atoms with Crippen molar-refractivity contribution in [3.63, 3.8) is 0 Å². The second-order valence-corrected chi connectivity index (χ2v) is 9.89. The minimum atomic E-state index is -0.490. The van der Waals surface area contributed by atoms with Gasteiger partial charge in [0.05, 0.1) is 5.69 Å². The highest BCUT2D eigenvalue weighted by molar-refractivity contribution is 5.93. The van der Waals surface area contributed by atoms with E-state index in [1.165, 1.54) is 0 Å². The van der Waals surface area contributed by atoms with E-state index in [1.54, 1.807) is 4.90 Å². The minimum absolute atomic E-state index is 0.0899. The molecule has 8 nitrogen and oxygen atoms in total. The maximum Gasteiger partial charge on any atom is 0.410 e. The smallest absolute Gasteiger partial charge is 0.410 e. The first-order valence-electron chi connectivity index (χ1n) is 11.9. The lowest BCUT2D eigenvalue weighted by molar-refractivity contribution is 0.0186. The highest BCUT2D eigenvalue weighted by Crippen LogP contribution is 2.26. The van der Waals surface area contributed by atoms with Gasteiger partial charge in [-0.2, -0.15) is 0 Å². The first-order valence-corrected chi connectivity index (χ1v) is 11.9. The summed E-state index contributed by atoms with van der Waals surface area (Å²) in [5.74, 6) is 0.0899. The fourth-order valence-corrected chi connectivity index (χ4v) is 4.54. The Balaban J connectivity index is 1.31. The van der Waals surface area contributed by atoms with E-state index >= 15 is 0 Å². The van der Waals surface area contributed by atoms with Gasteiger partial charge in [0.25, 0.3) is 5.91 Å². The van der Waals surface area contributed by atoms with Crippen molar-refractivity contribution in [2.24, 2.45) is 0 Å². The van der Waals surface area contributed by atoms with E-state index in [-0.39, 0.29) is 18.0 Å². The Labute approximate surface area is 196 Å². The molecule has 0 radical (unpaired) electrons. The van der Waals surface area contributed by atoms with Crippen molar-refractivity contribution in [1.82, 2.24) is 24.3 Å². The number of piperidine rings is 1. The number of piperazine rings is 1. The summed E-state index contributed by atoms with van der Waals surface area (Å²) in [6, 6.07) is 10.1. The molecule has 2 aliphatic heterocycles. The normalized spacial score (nSPS) is 18.4. The lowest BCUT2D eigenvalue weighted by atomic mass is 10.0. The van der Waals surface area contributed by atoms with Crippen LogP contribution >= 0.6 is 0 Å². The molecular weight excluding hydrogens is 418 g/mol. The summed E-state index contributed by atoms with van der Waals surface area (Å²) in [5.41, 5.74) is 1.31. The van der Waals surface area contributed by atoms with E-state index in [0.29, 0.717) is 26.2 Å². The third-order valence-corrected chi connectivity index (χ3v) is 6.28. The molecule has 2 aliphatic rings. The summed E-state index contributed by atoms with van der Waals surface area (Å²) in [5, 5.41) is 0. The molecule has 4 heterocycles. The third-order valence-electron chi connectivity index (χ3n) is 6.28. The maximum atomic E-state index is 13.3. The average molecular weight is 454 g/mol. The van der Waals surface area contributed by atoms with Crippen LogP contribution in [0.5, 0.6) is 0 Å². The van der Waals surface area contributed by atoms with Crippen LogP contribution in [-0.2, 0) is 11.3 Å². The lowest BCUT2D eigenvalue weighted by Crippen LogP contribution is -2.49. The number of pyridine rings is 1. The van der Waals surface area contributed by atoms with Gasteiger partial charge < -0.3 is 19.1 Å². The standard InChI is InChI=1S/C25H35N5O3/c1-25(2,3)33-24(32)29-13-9-21(10-14-29)30-12-6-8-22(30)23(31)28-17-15-27(16-18-28)19-20-7-4-5-11-26-20/h4-8,11-12,21H,9-10,13-19H2,1-3H3. The van der Waals surface area contributed by atoms with Gasteiger partial charge in [0, 0.05) is 64.2 Å². The molecule has 0 atom stereocenters. The van der Waals surface area contributed by atoms with E-state index in [1.807, 2.05) is 68.4 Å². The number of ether oxygens (including phenoxy) is 1. The van der Waals surface area contributed by atoms with Crippen molar-refractivity contribution in [3.05, 3.63) is 54.1 Å². The Kier molecular flexibility index (Phi) is 7.02. The first-order chi connectivity index (χ1) is 15.8. The molecule has 2 aromatic heterocycles. The number of nitrogens with zero attached hydrogens (tertiary/aromatic N) is 5. The molecule has 4 rings (SSSR count). The molecule has 0 aromatic carbocycles. The molecule has 0 aliphatic carbocycles. The molecule has 33 heavy (non-hydrogen) atoms. The van der Waals surface area contributed by atoms with Gasteiger partial charge in [0.2, 0.25) is 0 Å². The molecule has 2 amide bonds. The molecule has 0 bridgehead atoms. The number of amides is 2. The van der Waals surface area contributed by atoms with Gasteiger partial charge in [-0.15, -0.1) is 0 Å². The monoisotopic (exact) mass is 453 g/mol. The van der Waals surface area contributed by atoms with E-state index < -0.39 is 5.60 Å². The maximum absolute atomic E-state index is 13.3. The van der Waals surface area contributed by atoms with Gasteiger partial charge in [-0.3, -0.25) is 14.7 Å². The van der Waals surface area contributed by atoms with E-state index in [0.717, 1.165) is 43.9 Å². The van der Waals surface area contributed by atoms with Gasteiger partial charge in [-0.25, -0.2) is 4.79 Å². The van der Waals surface area contributed by atoms with Crippen LogP contribution in [0, 0.1) is 0 Å². The zero-order valence-electron chi connectivity index (χ0n) is 19.9. The first kappa shape index (κ1) is 23.3. The molecule has 0 spiro atoms. The molecule has 0 unspecified atom stereocenters. The second kappa shape index (κ2) is 9.95. The summed E-state index contributed by atoms with van der Waals surface area (Å²) in [6.07, 6.45) is 5.19. The van der Waals surface area contributed by atoms with Crippen molar-refractivity contribution in [2.75, 3.05) is 39.3 Å². The predicted molar refractivity (Wildman–Crippen MR) is 126 cm³/mol. The van der Waals surface area contributed by atoms with Crippen LogP contribution in [0.2, 0.25) is 0 Å². The van der Waals surface area contributed by atoms with E-state index in [9.17, 15) is 9.59 Å². The van der Waals surface area contributed by atoms with Gasteiger partial charge in [-0.05, 0) is 57.9 Å². The number of hydrogen-bond donors (Lipinski definition) is 0.